The van der Waals surface area contributed by atoms with E-state index in [0.29, 0.717) is 22.1 Å². The van der Waals surface area contributed by atoms with Gasteiger partial charge in [0, 0.05) is 19.3 Å². The highest BCUT2D eigenvalue weighted by Gasteiger charge is 2.15. The van der Waals surface area contributed by atoms with Crippen LogP contribution in [-0.4, -0.2) is 26.5 Å². The number of rotatable bonds is 6. The van der Waals surface area contributed by atoms with E-state index in [0.717, 1.165) is 11.3 Å². The number of nitrogens with zero attached hydrogens (tertiary/aromatic N) is 2. The second-order valence-electron chi connectivity index (χ2n) is 3.92. The minimum atomic E-state index is -3.55. The lowest BCUT2D eigenvalue weighted by Crippen LogP contribution is -2.28. The maximum atomic E-state index is 11.9. The van der Waals surface area contributed by atoms with E-state index in [9.17, 15) is 8.42 Å². The number of nitrogens with one attached hydrogen (secondary N) is 2. The van der Waals surface area contributed by atoms with Crippen LogP contribution in [0.15, 0.2) is 34.8 Å². The van der Waals surface area contributed by atoms with Crippen molar-refractivity contribution in [3.8, 4) is 6.07 Å². The summed E-state index contributed by atoms with van der Waals surface area (Å²) in [6.45, 7) is 0.510. The molecule has 0 saturated heterocycles. The lowest BCUT2D eigenvalue weighted by atomic mass is 10.2. The second kappa shape index (κ2) is 6.87. The first kappa shape index (κ1) is 15.7. The van der Waals surface area contributed by atoms with Crippen LogP contribution in [0.1, 0.15) is 5.56 Å². The van der Waals surface area contributed by atoms with Crippen molar-refractivity contribution in [2.24, 2.45) is 0 Å². The summed E-state index contributed by atoms with van der Waals surface area (Å²) in [5.74, 6) is 0. The largest absolute Gasteiger partial charge is 0.381 e. The summed E-state index contributed by atoms with van der Waals surface area (Å²) in [7, 11) is -3.55. The fourth-order valence-electron chi connectivity index (χ4n) is 1.53. The van der Waals surface area contributed by atoms with Gasteiger partial charge in [-0.05, 0) is 18.2 Å². The van der Waals surface area contributed by atoms with Gasteiger partial charge in [0.25, 0.3) is 0 Å². The quantitative estimate of drug-likeness (QED) is 0.783. The number of anilines is 1. The zero-order valence-electron chi connectivity index (χ0n) is 10.7. The molecule has 0 aliphatic carbocycles. The highest BCUT2D eigenvalue weighted by Crippen LogP contribution is 2.25. The van der Waals surface area contributed by atoms with Crippen LogP contribution in [0.2, 0.25) is 4.34 Å². The van der Waals surface area contributed by atoms with E-state index in [4.69, 9.17) is 16.9 Å². The van der Waals surface area contributed by atoms with Crippen molar-refractivity contribution in [2.45, 2.75) is 4.21 Å². The van der Waals surface area contributed by atoms with Crippen LogP contribution in [0, 0.1) is 11.3 Å². The highest BCUT2D eigenvalue weighted by molar-refractivity contribution is 7.91. The van der Waals surface area contributed by atoms with Gasteiger partial charge >= 0.3 is 0 Å². The van der Waals surface area contributed by atoms with Crippen molar-refractivity contribution >= 4 is 38.6 Å². The molecular formula is C12H11ClN4O2S2. The van der Waals surface area contributed by atoms with Crippen molar-refractivity contribution in [2.75, 3.05) is 18.4 Å². The van der Waals surface area contributed by atoms with Crippen LogP contribution < -0.4 is 10.0 Å². The molecule has 0 unspecified atom stereocenters. The summed E-state index contributed by atoms with van der Waals surface area (Å²) < 4.78 is 26.9. The number of hydrogen-bond donors (Lipinski definition) is 2. The van der Waals surface area contributed by atoms with Crippen LogP contribution in [-0.2, 0) is 10.0 Å². The van der Waals surface area contributed by atoms with Crippen molar-refractivity contribution in [3.05, 3.63) is 40.5 Å². The lowest BCUT2D eigenvalue weighted by Gasteiger charge is -2.08. The summed E-state index contributed by atoms with van der Waals surface area (Å²) in [5, 5.41) is 11.9. The molecule has 0 aliphatic heterocycles. The van der Waals surface area contributed by atoms with Crippen LogP contribution in [0.25, 0.3) is 0 Å². The predicted molar refractivity (Wildman–Crippen MR) is 82.0 cm³/mol. The molecule has 2 aromatic heterocycles. The number of hydrogen-bond acceptors (Lipinski definition) is 6. The van der Waals surface area contributed by atoms with Gasteiger partial charge in [0.1, 0.15) is 10.3 Å². The first-order valence-corrected chi connectivity index (χ1v) is 8.53. The van der Waals surface area contributed by atoms with Gasteiger partial charge in [0.15, 0.2) is 0 Å². The molecule has 0 fully saturated rings. The van der Waals surface area contributed by atoms with Crippen molar-refractivity contribution < 1.29 is 8.42 Å². The third-order valence-corrected chi connectivity index (χ3v) is 5.67. The molecule has 0 aromatic carbocycles. The maximum Gasteiger partial charge on any atom is 0.250 e. The van der Waals surface area contributed by atoms with E-state index in [2.05, 4.69) is 15.0 Å². The zero-order valence-corrected chi connectivity index (χ0v) is 13.1. The van der Waals surface area contributed by atoms with Crippen molar-refractivity contribution in [1.29, 1.82) is 5.26 Å². The average Bonchev–Trinajstić information content (AvgIpc) is 2.91. The van der Waals surface area contributed by atoms with Gasteiger partial charge in [-0.25, -0.2) is 13.1 Å². The predicted octanol–water partition coefficient (Wildman–Crippen LogP) is 2.06. The topological polar surface area (TPSA) is 94.9 Å². The first-order valence-electron chi connectivity index (χ1n) is 5.86. The number of aromatic nitrogens is 1. The van der Waals surface area contributed by atoms with Gasteiger partial charge in [-0.15, -0.1) is 11.3 Å². The van der Waals surface area contributed by atoms with Gasteiger partial charge in [-0.1, -0.05) is 11.6 Å². The highest BCUT2D eigenvalue weighted by atomic mass is 35.5. The molecule has 9 heteroatoms. The molecular weight excluding hydrogens is 332 g/mol. The minimum absolute atomic E-state index is 0.173. The molecule has 0 saturated carbocycles. The number of pyridine rings is 1. The van der Waals surface area contributed by atoms with Crippen molar-refractivity contribution in [1.82, 2.24) is 9.71 Å². The summed E-state index contributed by atoms with van der Waals surface area (Å²) >= 11 is 6.71. The number of nitriles is 1. The third kappa shape index (κ3) is 4.15. The Labute approximate surface area is 131 Å². The summed E-state index contributed by atoms with van der Waals surface area (Å²) in [5.41, 5.74) is 1.02. The van der Waals surface area contributed by atoms with Crippen molar-refractivity contribution in [3.63, 3.8) is 0 Å². The van der Waals surface area contributed by atoms with E-state index in [1.807, 2.05) is 6.07 Å². The molecule has 0 amide bonds. The molecule has 2 N–H and O–H groups in total. The Morgan fingerprint density at radius 2 is 2.14 bits per heavy atom. The van der Waals surface area contributed by atoms with Gasteiger partial charge in [-0.2, -0.15) is 5.26 Å². The zero-order chi connectivity index (χ0) is 15.3. The number of halogens is 1. The molecule has 21 heavy (non-hydrogen) atoms. The second-order valence-corrected chi connectivity index (χ2v) is 7.63. The number of sulfonamides is 1. The van der Waals surface area contributed by atoms with E-state index in [1.54, 1.807) is 6.07 Å². The Balaban J connectivity index is 1.89. The molecule has 0 bridgehead atoms. The van der Waals surface area contributed by atoms with Crippen LogP contribution >= 0.6 is 22.9 Å². The third-order valence-electron chi connectivity index (χ3n) is 2.49. The molecule has 0 spiro atoms. The normalized spacial score (nSPS) is 11.0. The minimum Gasteiger partial charge on any atom is -0.381 e. The average molecular weight is 343 g/mol. The molecule has 2 aromatic rings. The standard InChI is InChI=1S/C12H11ClN4O2S2/c13-11-1-2-12(20-11)21(18,19)17-6-5-16-10-8-15-4-3-9(10)7-14/h1-4,8,16-17H,5-6H2. The Kier molecular flexibility index (Phi) is 5.14. The molecule has 0 radical (unpaired) electrons. The Morgan fingerprint density at radius 1 is 1.33 bits per heavy atom. The lowest BCUT2D eigenvalue weighted by molar-refractivity contribution is 0.585. The van der Waals surface area contributed by atoms with Gasteiger partial charge < -0.3 is 5.32 Å². The van der Waals surface area contributed by atoms with Crippen LogP contribution in [0.4, 0.5) is 5.69 Å². The molecule has 2 heterocycles. The monoisotopic (exact) mass is 342 g/mol. The fraction of sp³-hybridized carbons (Fsp3) is 0.167. The summed E-state index contributed by atoms with van der Waals surface area (Å²) in [6, 6.07) is 6.60. The van der Waals surface area contributed by atoms with Gasteiger partial charge in [-0.3, -0.25) is 4.98 Å². The number of thiophene rings is 1. The summed E-state index contributed by atoms with van der Waals surface area (Å²) in [4.78, 5) is 3.91. The Morgan fingerprint density at radius 3 is 2.81 bits per heavy atom. The van der Waals surface area contributed by atoms with Gasteiger partial charge in [0.2, 0.25) is 10.0 Å². The van der Waals surface area contributed by atoms with Crippen LogP contribution in [0.3, 0.4) is 0 Å². The molecule has 110 valence electrons. The smallest absolute Gasteiger partial charge is 0.250 e. The van der Waals surface area contributed by atoms with E-state index in [-0.39, 0.29) is 10.8 Å². The van der Waals surface area contributed by atoms with Crippen LogP contribution in [0.5, 0.6) is 0 Å². The first-order chi connectivity index (χ1) is 10.0. The molecule has 2 rings (SSSR count). The summed E-state index contributed by atoms with van der Waals surface area (Å²) in [6.07, 6.45) is 3.04. The fourth-order valence-corrected chi connectivity index (χ4v) is 4.09. The Bertz CT molecular complexity index is 768. The molecule has 0 aliphatic rings. The molecule has 6 nitrogen and oxygen atoms in total. The van der Waals surface area contributed by atoms with E-state index < -0.39 is 10.0 Å². The SMILES string of the molecule is N#Cc1ccncc1NCCNS(=O)(=O)c1ccc(Cl)s1. The van der Waals surface area contributed by atoms with E-state index >= 15 is 0 Å². The maximum absolute atomic E-state index is 11.9. The Hall–Kier alpha value is -1.66. The molecule has 0 atom stereocenters. The van der Waals surface area contributed by atoms with Gasteiger partial charge in [0.05, 0.1) is 21.8 Å². The van der Waals surface area contributed by atoms with E-state index in [1.165, 1.54) is 24.5 Å².